The van der Waals surface area contributed by atoms with Gasteiger partial charge in [-0.25, -0.2) is 4.39 Å². The minimum atomic E-state index is -0.149. The van der Waals surface area contributed by atoms with Crippen LogP contribution in [-0.2, 0) is 6.42 Å². The zero-order valence-electron chi connectivity index (χ0n) is 11.9. The molecular formula is C19H15ClFN. The monoisotopic (exact) mass is 311 g/mol. The average Bonchev–Trinajstić information content (AvgIpc) is 2.90. The fraction of sp³-hybridized carbons (Fsp3) is 0.105. The van der Waals surface area contributed by atoms with Crippen LogP contribution in [0, 0.1) is 5.82 Å². The summed E-state index contributed by atoms with van der Waals surface area (Å²) in [6.07, 6.45) is 5.94. The van der Waals surface area contributed by atoms with Crippen molar-refractivity contribution in [3.8, 4) is 0 Å². The molecule has 2 aromatic carbocycles. The largest absolute Gasteiger partial charge is 0.256 e. The van der Waals surface area contributed by atoms with Gasteiger partial charge < -0.3 is 0 Å². The molecular weight excluding hydrogens is 297 g/mol. The van der Waals surface area contributed by atoms with Gasteiger partial charge in [0, 0.05) is 11.6 Å². The molecule has 3 aromatic rings. The maximum Gasteiger partial charge on any atom is 0.123 e. The van der Waals surface area contributed by atoms with E-state index in [1.54, 1.807) is 12.1 Å². The van der Waals surface area contributed by atoms with Crippen LogP contribution >= 0.6 is 12.4 Å². The molecule has 1 aliphatic carbocycles. The molecule has 0 saturated carbocycles. The summed E-state index contributed by atoms with van der Waals surface area (Å²) in [6, 6.07) is 15.3. The van der Waals surface area contributed by atoms with Gasteiger partial charge in [-0.2, -0.15) is 0 Å². The summed E-state index contributed by atoms with van der Waals surface area (Å²) in [5, 5.41) is 1.16. The molecule has 0 fully saturated rings. The number of hydrogen-bond donors (Lipinski definition) is 0. The van der Waals surface area contributed by atoms with E-state index in [9.17, 15) is 4.39 Å². The molecule has 1 nitrogen and oxygen atoms in total. The molecule has 1 aromatic heterocycles. The Morgan fingerprint density at radius 2 is 1.86 bits per heavy atom. The number of aromatic nitrogens is 1. The fourth-order valence-corrected chi connectivity index (χ4v) is 3.07. The Balaban J connectivity index is 0.00000144. The number of aryl methyl sites for hydroxylation is 1. The lowest BCUT2D eigenvalue weighted by Crippen LogP contribution is -1.85. The van der Waals surface area contributed by atoms with Crippen LogP contribution in [0.25, 0.3) is 22.6 Å². The molecule has 0 saturated heterocycles. The molecule has 0 unspecified atom stereocenters. The molecule has 0 N–H and O–H groups in total. The van der Waals surface area contributed by atoms with Gasteiger partial charge in [0.2, 0.25) is 0 Å². The first kappa shape index (κ1) is 14.7. The Bertz CT molecular complexity index is 865. The zero-order chi connectivity index (χ0) is 14.2. The van der Waals surface area contributed by atoms with Gasteiger partial charge in [0.25, 0.3) is 0 Å². The summed E-state index contributed by atoms with van der Waals surface area (Å²) in [5.74, 6) is -0.149. The standard InChI is InChI=1S/C19H14FN.ClH/c20-16-7-8-17-13(5-6-14(17)12-16)11-15-9-10-21-19-4-2-1-3-18(15)19;/h1-4,7-12H,5-6H2;1H/b13-11-;. The quantitative estimate of drug-likeness (QED) is 0.595. The van der Waals surface area contributed by atoms with Crippen LogP contribution < -0.4 is 0 Å². The molecule has 0 amide bonds. The Morgan fingerprint density at radius 1 is 1.00 bits per heavy atom. The summed E-state index contributed by atoms with van der Waals surface area (Å²) in [5.41, 5.74) is 5.75. The molecule has 0 radical (unpaired) electrons. The van der Waals surface area contributed by atoms with Crippen molar-refractivity contribution in [2.45, 2.75) is 12.8 Å². The van der Waals surface area contributed by atoms with Crippen LogP contribution in [0.2, 0.25) is 0 Å². The number of para-hydroxylation sites is 1. The summed E-state index contributed by atoms with van der Waals surface area (Å²) >= 11 is 0. The van der Waals surface area contributed by atoms with E-state index in [0.29, 0.717) is 0 Å². The van der Waals surface area contributed by atoms with Gasteiger partial charge in [0.05, 0.1) is 5.52 Å². The second kappa shape index (κ2) is 5.90. The smallest absolute Gasteiger partial charge is 0.123 e. The predicted octanol–water partition coefficient (Wildman–Crippen LogP) is 5.28. The second-order valence-corrected chi connectivity index (χ2v) is 5.39. The van der Waals surface area contributed by atoms with Gasteiger partial charge in [-0.1, -0.05) is 30.3 Å². The molecule has 0 aliphatic heterocycles. The predicted molar refractivity (Wildman–Crippen MR) is 91.6 cm³/mol. The average molecular weight is 312 g/mol. The highest BCUT2D eigenvalue weighted by atomic mass is 35.5. The highest BCUT2D eigenvalue weighted by molar-refractivity contribution is 5.94. The van der Waals surface area contributed by atoms with Crippen LogP contribution in [0.4, 0.5) is 4.39 Å². The topological polar surface area (TPSA) is 12.9 Å². The molecule has 1 heterocycles. The number of nitrogens with zero attached hydrogens (tertiary/aromatic N) is 1. The lowest BCUT2D eigenvalue weighted by molar-refractivity contribution is 0.626. The molecule has 22 heavy (non-hydrogen) atoms. The number of allylic oxidation sites excluding steroid dienone is 1. The first-order chi connectivity index (χ1) is 10.3. The van der Waals surface area contributed by atoms with Crippen molar-refractivity contribution in [1.29, 1.82) is 0 Å². The molecule has 0 bridgehead atoms. The van der Waals surface area contributed by atoms with Gasteiger partial charge in [-0.05, 0) is 59.4 Å². The van der Waals surface area contributed by atoms with Crippen molar-refractivity contribution in [2.75, 3.05) is 0 Å². The van der Waals surface area contributed by atoms with Gasteiger partial charge in [0.1, 0.15) is 5.82 Å². The minimum Gasteiger partial charge on any atom is -0.256 e. The lowest BCUT2D eigenvalue weighted by Gasteiger charge is -2.04. The normalized spacial score (nSPS) is 14.9. The number of benzene rings is 2. The maximum absolute atomic E-state index is 13.3. The summed E-state index contributed by atoms with van der Waals surface area (Å²) in [4.78, 5) is 4.39. The van der Waals surface area contributed by atoms with Crippen molar-refractivity contribution in [2.24, 2.45) is 0 Å². The Morgan fingerprint density at radius 3 is 2.77 bits per heavy atom. The zero-order valence-corrected chi connectivity index (χ0v) is 12.7. The van der Waals surface area contributed by atoms with E-state index in [-0.39, 0.29) is 18.2 Å². The first-order valence-corrected chi connectivity index (χ1v) is 7.14. The van der Waals surface area contributed by atoms with E-state index in [4.69, 9.17) is 0 Å². The molecule has 3 heteroatoms. The van der Waals surface area contributed by atoms with Crippen molar-refractivity contribution in [1.82, 2.24) is 4.98 Å². The highest BCUT2D eigenvalue weighted by Gasteiger charge is 2.16. The molecule has 1 aliphatic rings. The lowest BCUT2D eigenvalue weighted by atomic mass is 10.0. The second-order valence-electron chi connectivity index (χ2n) is 5.39. The summed E-state index contributed by atoms with van der Waals surface area (Å²) in [7, 11) is 0. The SMILES string of the molecule is Cl.Fc1ccc2c(c1)CC/C2=C/c1ccnc2ccccc12. The van der Waals surface area contributed by atoms with Gasteiger partial charge >= 0.3 is 0 Å². The van der Waals surface area contributed by atoms with E-state index in [0.717, 1.165) is 29.3 Å². The van der Waals surface area contributed by atoms with Crippen LogP contribution in [0.15, 0.2) is 54.7 Å². The molecule has 4 rings (SSSR count). The van der Waals surface area contributed by atoms with E-state index in [1.807, 2.05) is 36.5 Å². The van der Waals surface area contributed by atoms with E-state index < -0.39 is 0 Å². The summed E-state index contributed by atoms with van der Waals surface area (Å²) < 4.78 is 13.3. The van der Waals surface area contributed by atoms with Gasteiger partial charge in [0.15, 0.2) is 0 Å². The number of fused-ring (bicyclic) bond motifs is 2. The van der Waals surface area contributed by atoms with Crippen molar-refractivity contribution in [3.63, 3.8) is 0 Å². The molecule has 110 valence electrons. The van der Waals surface area contributed by atoms with E-state index >= 15 is 0 Å². The van der Waals surface area contributed by atoms with Gasteiger partial charge in [-0.3, -0.25) is 4.98 Å². The number of halogens is 2. The maximum atomic E-state index is 13.3. The third-order valence-electron chi connectivity index (χ3n) is 4.09. The third kappa shape index (κ3) is 2.51. The minimum absolute atomic E-state index is 0. The fourth-order valence-electron chi connectivity index (χ4n) is 3.07. The molecule has 0 spiro atoms. The van der Waals surface area contributed by atoms with Crippen LogP contribution in [0.3, 0.4) is 0 Å². The number of hydrogen-bond acceptors (Lipinski definition) is 1. The number of pyridine rings is 1. The third-order valence-corrected chi connectivity index (χ3v) is 4.09. The van der Waals surface area contributed by atoms with Crippen molar-refractivity contribution in [3.05, 3.63) is 77.2 Å². The summed E-state index contributed by atoms with van der Waals surface area (Å²) in [6.45, 7) is 0. The van der Waals surface area contributed by atoms with E-state index in [1.165, 1.54) is 16.7 Å². The number of rotatable bonds is 1. The van der Waals surface area contributed by atoms with Crippen molar-refractivity contribution < 1.29 is 4.39 Å². The van der Waals surface area contributed by atoms with Gasteiger partial charge in [-0.15, -0.1) is 12.4 Å². The van der Waals surface area contributed by atoms with Crippen LogP contribution in [-0.4, -0.2) is 4.98 Å². The Labute approximate surface area is 134 Å². The van der Waals surface area contributed by atoms with Crippen LogP contribution in [0.5, 0.6) is 0 Å². The first-order valence-electron chi connectivity index (χ1n) is 7.14. The Kier molecular flexibility index (Phi) is 3.95. The van der Waals surface area contributed by atoms with E-state index in [2.05, 4.69) is 17.1 Å². The highest BCUT2D eigenvalue weighted by Crippen LogP contribution is 2.34. The Hall–Kier alpha value is -2.19. The van der Waals surface area contributed by atoms with Crippen molar-refractivity contribution >= 4 is 35.0 Å². The van der Waals surface area contributed by atoms with Crippen LogP contribution in [0.1, 0.15) is 23.1 Å². The molecule has 0 atom stereocenters.